The van der Waals surface area contributed by atoms with Crippen LogP contribution in [-0.4, -0.2) is 22.9 Å². The van der Waals surface area contributed by atoms with Crippen LogP contribution in [0.2, 0.25) is 0 Å². The Labute approximate surface area is 120 Å². The molecule has 110 valence electrons. The van der Waals surface area contributed by atoms with Crippen molar-refractivity contribution < 1.29 is 9.18 Å². The quantitative estimate of drug-likeness (QED) is 0.833. The van der Waals surface area contributed by atoms with E-state index in [9.17, 15) is 9.18 Å². The normalized spacial score (nSPS) is 15.9. The molecule has 1 aromatic carbocycles. The Bertz CT molecular complexity index is 460. The van der Waals surface area contributed by atoms with E-state index in [1.807, 2.05) is 0 Å². The van der Waals surface area contributed by atoms with Gasteiger partial charge in [0.15, 0.2) is 0 Å². The standard InChI is InChI=1S/C16H23FN2O/c1-2-5-13(18)10-16(20)19(14-8-9-14)11-12-6-3-4-7-15(12)17/h3-4,6-7,13-14H,2,5,8-11,18H2,1H3. The molecule has 2 rings (SSSR count). The fourth-order valence-corrected chi connectivity index (χ4v) is 2.43. The van der Waals surface area contributed by atoms with Gasteiger partial charge in [-0.05, 0) is 25.3 Å². The van der Waals surface area contributed by atoms with E-state index in [0.29, 0.717) is 18.5 Å². The van der Waals surface area contributed by atoms with Crippen molar-refractivity contribution in [1.82, 2.24) is 4.90 Å². The van der Waals surface area contributed by atoms with Gasteiger partial charge in [-0.15, -0.1) is 0 Å². The molecule has 1 fully saturated rings. The van der Waals surface area contributed by atoms with Crippen molar-refractivity contribution in [2.24, 2.45) is 5.73 Å². The van der Waals surface area contributed by atoms with Gasteiger partial charge in [0.1, 0.15) is 5.82 Å². The SMILES string of the molecule is CCCC(N)CC(=O)N(Cc1ccccc1F)C1CC1. The molecule has 1 atom stereocenters. The Kier molecular flexibility index (Phi) is 5.12. The number of carbonyl (C=O) groups excluding carboxylic acids is 1. The van der Waals surface area contributed by atoms with Crippen LogP contribution >= 0.6 is 0 Å². The van der Waals surface area contributed by atoms with E-state index in [4.69, 9.17) is 5.73 Å². The zero-order valence-corrected chi connectivity index (χ0v) is 12.0. The number of halogens is 1. The van der Waals surface area contributed by atoms with Gasteiger partial charge in [-0.1, -0.05) is 31.5 Å². The zero-order chi connectivity index (χ0) is 14.5. The summed E-state index contributed by atoms with van der Waals surface area (Å²) in [5.74, 6) is -0.194. The van der Waals surface area contributed by atoms with Crippen LogP contribution in [0.15, 0.2) is 24.3 Å². The molecule has 0 radical (unpaired) electrons. The summed E-state index contributed by atoms with van der Waals surface area (Å²) in [6, 6.07) is 6.83. The molecule has 0 heterocycles. The van der Waals surface area contributed by atoms with Crippen molar-refractivity contribution in [3.8, 4) is 0 Å². The highest BCUT2D eigenvalue weighted by atomic mass is 19.1. The maximum Gasteiger partial charge on any atom is 0.224 e. The Morgan fingerprint density at radius 1 is 1.45 bits per heavy atom. The minimum Gasteiger partial charge on any atom is -0.335 e. The van der Waals surface area contributed by atoms with Crippen molar-refractivity contribution in [1.29, 1.82) is 0 Å². The number of hydrogen-bond acceptors (Lipinski definition) is 2. The predicted octanol–water partition coefficient (Wildman–Crippen LogP) is 2.83. The van der Waals surface area contributed by atoms with Crippen LogP contribution in [0.4, 0.5) is 4.39 Å². The Hall–Kier alpha value is -1.42. The molecule has 4 heteroatoms. The van der Waals surface area contributed by atoms with E-state index in [0.717, 1.165) is 25.7 Å². The number of benzene rings is 1. The lowest BCUT2D eigenvalue weighted by atomic mass is 10.1. The summed E-state index contributed by atoms with van der Waals surface area (Å²) in [4.78, 5) is 14.1. The largest absolute Gasteiger partial charge is 0.335 e. The first-order valence-corrected chi connectivity index (χ1v) is 7.40. The first kappa shape index (κ1) is 15.0. The van der Waals surface area contributed by atoms with Gasteiger partial charge in [0.2, 0.25) is 5.91 Å². The number of nitrogens with zero attached hydrogens (tertiary/aromatic N) is 1. The van der Waals surface area contributed by atoms with Crippen LogP contribution in [0.25, 0.3) is 0 Å². The third kappa shape index (κ3) is 4.04. The number of amides is 1. The lowest BCUT2D eigenvalue weighted by molar-refractivity contribution is -0.132. The minimum absolute atomic E-state index is 0.0525. The van der Waals surface area contributed by atoms with Crippen LogP contribution in [0.5, 0.6) is 0 Å². The van der Waals surface area contributed by atoms with E-state index in [1.54, 1.807) is 23.1 Å². The molecule has 0 bridgehead atoms. The van der Waals surface area contributed by atoms with E-state index in [-0.39, 0.29) is 23.8 Å². The topological polar surface area (TPSA) is 46.3 Å². The number of rotatable bonds is 7. The molecule has 3 nitrogen and oxygen atoms in total. The smallest absolute Gasteiger partial charge is 0.224 e. The van der Waals surface area contributed by atoms with Gasteiger partial charge in [-0.2, -0.15) is 0 Å². The summed E-state index contributed by atoms with van der Waals surface area (Å²) in [5, 5.41) is 0. The Morgan fingerprint density at radius 3 is 2.75 bits per heavy atom. The van der Waals surface area contributed by atoms with E-state index in [2.05, 4.69) is 6.92 Å². The van der Waals surface area contributed by atoms with Gasteiger partial charge in [0, 0.05) is 30.6 Å². The number of hydrogen-bond donors (Lipinski definition) is 1. The number of nitrogens with two attached hydrogens (primary N) is 1. The van der Waals surface area contributed by atoms with Crippen LogP contribution in [-0.2, 0) is 11.3 Å². The summed E-state index contributed by atoms with van der Waals surface area (Å²) in [6.45, 7) is 2.41. The van der Waals surface area contributed by atoms with Gasteiger partial charge in [-0.3, -0.25) is 4.79 Å². The first-order valence-electron chi connectivity index (χ1n) is 7.40. The van der Waals surface area contributed by atoms with Crippen LogP contribution < -0.4 is 5.73 Å². The second-order valence-electron chi connectivity index (χ2n) is 5.60. The van der Waals surface area contributed by atoms with Crippen molar-refractivity contribution in [3.05, 3.63) is 35.6 Å². The molecule has 1 unspecified atom stereocenters. The van der Waals surface area contributed by atoms with Crippen molar-refractivity contribution in [3.63, 3.8) is 0 Å². The lowest BCUT2D eigenvalue weighted by Crippen LogP contribution is -2.37. The van der Waals surface area contributed by atoms with Gasteiger partial charge in [0.25, 0.3) is 0 Å². The highest BCUT2D eigenvalue weighted by Crippen LogP contribution is 2.29. The molecular weight excluding hydrogens is 255 g/mol. The molecule has 0 aliphatic heterocycles. The minimum atomic E-state index is -0.246. The molecular formula is C16H23FN2O. The summed E-state index contributed by atoms with van der Waals surface area (Å²) in [5.41, 5.74) is 6.53. The Balaban J connectivity index is 2.00. The van der Waals surface area contributed by atoms with E-state index in [1.165, 1.54) is 6.07 Å². The monoisotopic (exact) mass is 278 g/mol. The molecule has 0 saturated heterocycles. The molecule has 1 amide bonds. The number of carbonyl (C=O) groups is 1. The molecule has 1 aromatic rings. The van der Waals surface area contributed by atoms with Crippen LogP contribution in [0.1, 0.15) is 44.6 Å². The molecule has 0 spiro atoms. The van der Waals surface area contributed by atoms with E-state index >= 15 is 0 Å². The van der Waals surface area contributed by atoms with Gasteiger partial charge in [-0.25, -0.2) is 4.39 Å². The first-order chi connectivity index (χ1) is 9.61. The summed E-state index contributed by atoms with van der Waals surface area (Å²) in [6.07, 6.45) is 4.22. The summed E-state index contributed by atoms with van der Waals surface area (Å²) >= 11 is 0. The highest BCUT2D eigenvalue weighted by molar-refractivity contribution is 5.77. The molecule has 2 N–H and O–H groups in total. The van der Waals surface area contributed by atoms with Gasteiger partial charge >= 0.3 is 0 Å². The van der Waals surface area contributed by atoms with Crippen molar-refractivity contribution in [2.45, 2.75) is 57.7 Å². The molecule has 1 saturated carbocycles. The van der Waals surface area contributed by atoms with Gasteiger partial charge < -0.3 is 10.6 Å². The Morgan fingerprint density at radius 2 is 2.15 bits per heavy atom. The van der Waals surface area contributed by atoms with Crippen molar-refractivity contribution >= 4 is 5.91 Å². The average molecular weight is 278 g/mol. The third-order valence-electron chi connectivity index (χ3n) is 3.70. The summed E-state index contributed by atoms with van der Waals surface area (Å²) in [7, 11) is 0. The molecule has 1 aliphatic carbocycles. The van der Waals surface area contributed by atoms with E-state index < -0.39 is 0 Å². The maximum absolute atomic E-state index is 13.7. The predicted molar refractivity (Wildman–Crippen MR) is 77.5 cm³/mol. The average Bonchev–Trinajstić information content (AvgIpc) is 3.22. The lowest BCUT2D eigenvalue weighted by Gasteiger charge is -2.24. The maximum atomic E-state index is 13.7. The van der Waals surface area contributed by atoms with Gasteiger partial charge in [0.05, 0.1) is 0 Å². The fraction of sp³-hybridized carbons (Fsp3) is 0.562. The van der Waals surface area contributed by atoms with Crippen LogP contribution in [0, 0.1) is 5.82 Å². The highest BCUT2D eigenvalue weighted by Gasteiger charge is 2.33. The summed E-state index contributed by atoms with van der Waals surface area (Å²) < 4.78 is 13.7. The second kappa shape index (κ2) is 6.84. The second-order valence-corrected chi connectivity index (χ2v) is 5.60. The fourth-order valence-electron chi connectivity index (χ4n) is 2.43. The zero-order valence-electron chi connectivity index (χ0n) is 12.0. The molecule has 0 aromatic heterocycles. The van der Waals surface area contributed by atoms with Crippen LogP contribution in [0.3, 0.4) is 0 Å². The third-order valence-corrected chi connectivity index (χ3v) is 3.70. The van der Waals surface area contributed by atoms with Crippen molar-refractivity contribution in [2.75, 3.05) is 0 Å². The molecule has 20 heavy (non-hydrogen) atoms. The molecule has 1 aliphatic rings.